The molecule has 0 saturated heterocycles. The zero-order valence-electron chi connectivity index (χ0n) is 8.46. The van der Waals surface area contributed by atoms with Crippen LogP contribution in [-0.4, -0.2) is 0 Å². The van der Waals surface area contributed by atoms with Crippen molar-refractivity contribution in [3.05, 3.63) is 46.7 Å². The van der Waals surface area contributed by atoms with E-state index in [1.54, 1.807) is 0 Å². The standard InChI is InChI=1S/C13H11ClO/c1-8-3-2-4-10-11-7-9(14)5-6-12(11)15-13(8)10/h2-3,5-8H,4H2,1H3. The highest BCUT2D eigenvalue weighted by Crippen LogP contribution is 2.35. The van der Waals surface area contributed by atoms with Gasteiger partial charge >= 0.3 is 0 Å². The molecule has 1 atom stereocenters. The molecule has 1 heterocycles. The summed E-state index contributed by atoms with van der Waals surface area (Å²) < 4.78 is 5.85. The molecular formula is C13H11ClO. The van der Waals surface area contributed by atoms with Crippen LogP contribution >= 0.6 is 11.6 Å². The van der Waals surface area contributed by atoms with Gasteiger partial charge in [0.05, 0.1) is 0 Å². The zero-order valence-corrected chi connectivity index (χ0v) is 9.21. The van der Waals surface area contributed by atoms with Gasteiger partial charge in [-0.15, -0.1) is 0 Å². The minimum atomic E-state index is 0.375. The molecule has 1 aromatic heterocycles. The van der Waals surface area contributed by atoms with E-state index >= 15 is 0 Å². The molecule has 0 radical (unpaired) electrons. The summed E-state index contributed by atoms with van der Waals surface area (Å²) in [7, 11) is 0. The second-order valence-electron chi connectivity index (χ2n) is 4.01. The van der Waals surface area contributed by atoms with Crippen LogP contribution in [0.15, 0.2) is 34.8 Å². The zero-order chi connectivity index (χ0) is 10.4. The minimum Gasteiger partial charge on any atom is -0.460 e. The van der Waals surface area contributed by atoms with E-state index in [9.17, 15) is 0 Å². The molecular weight excluding hydrogens is 208 g/mol. The van der Waals surface area contributed by atoms with Crippen LogP contribution in [0.3, 0.4) is 0 Å². The first-order valence-corrected chi connectivity index (χ1v) is 5.51. The molecule has 0 fully saturated rings. The van der Waals surface area contributed by atoms with Crippen molar-refractivity contribution in [3.8, 4) is 0 Å². The highest BCUT2D eigenvalue weighted by Gasteiger charge is 2.19. The molecule has 0 saturated carbocycles. The average molecular weight is 219 g/mol. The van der Waals surface area contributed by atoms with Crippen LogP contribution in [0.2, 0.25) is 5.02 Å². The Morgan fingerprint density at radius 3 is 3.13 bits per heavy atom. The summed E-state index contributed by atoms with van der Waals surface area (Å²) in [6.45, 7) is 2.15. The van der Waals surface area contributed by atoms with Crippen LogP contribution in [0.25, 0.3) is 11.0 Å². The maximum Gasteiger partial charge on any atom is 0.134 e. The molecule has 1 aromatic carbocycles. The predicted molar refractivity (Wildman–Crippen MR) is 62.5 cm³/mol. The Kier molecular flexibility index (Phi) is 1.89. The van der Waals surface area contributed by atoms with Gasteiger partial charge in [-0.3, -0.25) is 0 Å². The number of hydrogen-bond acceptors (Lipinski definition) is 1. The molecule has 2 aromatic rings. The largest absolute Gasteiger partial charge is 0.460 e. The lowest BCUT2D eigenvalue weighted by atomic mass is 9.94. The monoisotopic (exact) mass is 218 g/mol. The number of furan rings is 1. The SMILES string of the molecule is CC1C=CCc2c1oc1ccc(Cl)cc21. The first-order valence-electron chi connectivity index (χ1n) is 5.13. The first kappa shape index (κ1) is 9.05. The Labute approximate surface area is 93.3 Å². The van der Waals surface area contributed by atoms with Crippen molar-refractivity contribution in [2.45, 2.75) is 19.3 Å². The van der Waals surface area contributed by atoms with Crippen molar-refractivity contribution >= 4 is 22.6 Å². The predicted octanol–water partition coefficient (Wildman–Crippen LogP) is 4.30. The quantitative estimate of drug-likeness (QED) is 0.601. The van der Waals surface area contributed by atoms with Crippen LogP contribution in [0.1, 0.15) is 24.2 Å². The van der Waals surface area contributed by atoms with Crippen LogP contribution in [0, 0.1) is 0 Å². The molecule has 0 spiro atoms. The minimum absolute atomic E-state index is 0.375. The molecule has 0 aliphatic heterocycles. The van der Waals surface area contributed by atoms with E-state index in [1.165, 1.54) is 5.56 Å². The Morgan fingerprint density at radius 1 is 1.40 bits per heavy atom. The highest BCUT2D eigenvalue weighted by atomic mass is 35.5. The van der Waals surface area contributed by atoms with Gasteiger partial charge in [-0.1, -0.05) is 30.7 Å². The van der Waals surface area contributed by atoms with Gasteiger partial charge in [0, 0.05) is 21.9 Å². The van der Waals surface area contributed by atoms with E-state index in [0.29, 0.717) is 5.92 Å². The molecule has 0 bridgehead atoms. The summed E-state index contributed by atoms with van der Waals surface area (Å²) in [6.07, 6.45) is 5.34. The van der Waals surface area contributed by atoms with Crippen molar-refractivity contribution in [1.82, 2.24) is 0 Å². The van der Waals surface area contributed by atoms with E-state index in [-0.39, 0.29) is 0 Å². The fourth-order valence-electron chi connectivity index (χ4n) is 2.20. The van der Waals surface area contributed by atoms with Gasteiger partial charge in [-0.05, 0) is 24.6 Å². The summed E-state index contributed by atoms with van der Waals surface area (Å²) in [5.74, 6) is 1.47. The van der Waals surface area contributed by atoms with E-state index in [2.05, 4.69) is 19.1 Å². The van der Waals surface area contributed by atoms with Gasteiger partial charge in [-0.25, -0.2) is 0 Å². The van der Waals surface area contributed by atoms with Crippen molar-refractivity contribution < 1.29 is 4.42 Å². The topological polar surface area (TPSA) is 13.1 Å². The van der Waals surface area contributed by atoms with Crippen molar-refractivity contribution in [3.63, 3.8) is 0 Å². The van der Waals surface area contributed by atoms with E-state index in [1.807, 2.05) is 18.2 Å². The highest BCUT2D eigenvalue weighted by molar-refractivity contribution is 6.31. The van der Waals surface area contributed by atoms with Crippen molar-refractivity contribution in [2.24, 2.45) is 0 Å². The second kappa shape index (κ2) is 3.14. The third kappa shape index (κ3) is 1.30. The van der Waals surface area contributed by atoms with Crippen LogP contribution < -0.4 is 0 Å². The van der Waals surface area contributed by atoms with Crippen LogP contribution in [0.5, 0.6) is 0 Å². The molecule has 3 rings (SSSR count). The molecule has 2 heteroatoms. The third-order valence-electron chi connectivity index (χ3n) is 2.94. The molecule has 1 aliphatic carbocycles. The van der Waals surface area contributed by atoms with Gasteiger partial charge in [-0.2, -0.15) is 0 Å². The fourth-order valence-corrected chi connectivity index (χ4v) is 2.37. The van der Waals surface area contributed by atoms with E-state index in [0.717, 1.165) is 28.2 Å². The number of rotatable bonds is 0. The third-order valence-corrected chi connectivity index (χ3v) is 3.18. The van der Waals surface area contributed by atoms with Gasteiger partial charge in [0.2, 0.25) is 0 Å². The number of halogens is 1. The second-order valence-corrected chi connectivity index (χ2v) is 4.44. The van der Waals surface area contributed by atoms with Crippen molar-refractivity contribution in [2.75, 3.05) is 0 Å². The molecule has 1 aliphatic rings. The molecule has 0 amide bonds. The number of hydrogen-bond donors (Lipinski definition) is 0. The normalized spacial score (nSPS) is 19.5. The Balaban J connectivity index is 2.34. The first-order chi connectivity index (χ1) is 7.25. The van der Waals surface area contributed by atoms with Gasteiger partial charge in [0.1, 0.15) is 11.3 Å². The molecule has 1 nitrogen and oxygen atoms in total. The summed E-state index contributed by atoms with van der Waals surface area (Å²) in [5, 5.41) is 1.93. The van der Waals surface area contributed by atoms with Crippen molar-refractivity contribution in [1.29, 1.82) is 0 Å². The lowest BCUT2D eigenvalue weighted by Gasteiger charge is -2.10. The number of allylic oxidation sites excluding steroid dienone is 2. The summed E-state index contributed by atoms with van der Waals surface area (Å²) in [4.78, 5) is 0. The van der Waals surface area contributed by atoms with Gasteiger partial charge in [0.25, 0.3) is 0 Å². The molecule has 76 valence electrons. The summed E-state index contributed by atoms with van der Waals surface area (Å²) in [6, 6.07) is 5.81. The average Bonchev–Trinajstić information content (AvgIpc) is 2.58. The summed E-state index contributed by atoms with van der Waals surface area (Å²) >= 11 is 5.99. The number of benzene rings is 1. The smallest absolute Gasteiger partial charge is 0.134 e. The molecule has 1 unspecified atom stereocenters. The van der Waals surface area contributed by atoms with Crippen LogP contribution in [-0.2, 0) is 6.42 Å². The van der Waals surface area contributed by atoms with Crippen LogP contribution in [0.4, 0.5) is 0 Å². The lowest BCUT2D eigenvalue weighted by molar-refractivity contribution is 0.528. The summed E-state index contributed by atoms with van der Waals surface area (Å²) in [5.41, 5.74) is 2.24. The molecule has 15 heavy (non-hydrogen) atoms. The van der Waals surface area contributed by atoms with Gasteiger partial charge < -0.3 is 4.42 Å². The lowest BCUT2D eigenvalue weighted by Crippen LogP contribution is -1.97. The number of fused-ring (bicyclic) bond motifs is 3. The van der Waals surface area contributed by atoms with E-state index < -0.39 is 0 Å². The molecule has 0 N–H and O–H groups in total. The Hall–Kier alpha value is -1.21. The Morgan fingerprint density at radius 2 is 2.27 bits per heavy atom. The van der Waals surface area contributed by atoms with Gasteiger partial charge in [0.15, 0.2) is 0 Å². The Bertz CT molecular complexity index is 551. The maximum absolute atomic E-state index is 5.99. The fraction of sp³-hybridized carbons (Fsp3) is 0.231. The maximum atomic E-state index is 5.99. The van der Waals surface area contributed by atoms with E-state index in [4.69, 9.17) is 16.0 Å².